The molecular weight excluding hydrogens is 244 g/mol. The van der Waals surface area contributed by atoms with Gasteiger partial charge in [-0.2, -0.15) is 0 Å². The van der Waals surface area contributed by atoms with Crippen LogP contribution < -0.4 is 10.2 Å². The Morgan fingerprint density at radius 2 is 1.68 bits per heavy atom. The monoisotopic (exact) mass is 264 g/mol. The predicted molar refractivity (Wildman–Crippen MR) is 75.4 cm³/mol. The molecule has 1 aromatic carbocycles. The van der Waals surface area contributed by atoms with Crippen molar-refractivity contribution in [1.29, 1.82) is 0 Å². The van der Waals surface area contributed by atoms with Crippen molar-refractivity contribution < 1.29 is 14.3 Å². The molecule has 0 radical (unpaired) electrons. The number of ether oxygens (including phenoxy) is 1. The van der Waals surface area contributed by atoms with Gasteiger partial charge in [0.05, 0.1) is 0 Å². The number of carbonyl (C=O) groups is 2. The Balaban J connectivity index is 2.75. The zero-order chi connectivity index (χ0) is 14.6. The van der Waals surface area contributed by atoms with Crippen LogP contribution in [0.3, 0.4) is 0 Å². The van der Waals surface area contributed by atoms with Crippen LogP contribution in [0.4, 0.5) is 16.2 Å². The fourth-order valence-corrected chi connectivity index (χ4v) is 1.41. The highest BCUT2D eigenvalue weighted by molar-refractivity contribution is 5.90. The number of carbonyl (C=O) groups excluding carboxylic acids is 2. The lowest BCUT2D eigenvalue weighted by atomic mass is 10.2. The average molecular weight is 264 g/mol. The zero-order valence-electron chi connectivity index (χ0n) is 12.0. The van der Waals surface area contributed by atoms with Crippen molar-refractivity contribution in [3.05, 3.63) is 24.3 Å². The van der Waals surface area contributed by atoms with Crippen molar-refractivity contribution in [3.63, 3.8) is 0 Å². The number of nitrogens with one attached hydrogen (secondary N) is 1. The molecule has 0 atom stereocenters. The maximum atomic E-state index is 11.9. The summed E-state index contributed by atoms with van der Waals surface area (Å²) in [5, 5.41) is 2.66. The molecule has 5 heteroatoms. The standard InChI is InChI=1S/C14H20N2O3/c1-10(17)15-11-6-8-12(9-7-11)16(5)13(18)19-14(2,3)4/h6-9H,1-5H3,(H,15,17). The molecule has 0 aromatic heterocycles. The smallest absolute Gasteiger partial charge is 0.414 e. The topological polar surface area (TPSA) is 58.6 Å². The first-order valence-corrected chi connectivity index (χ1v) is 6.03. The van der Waals surface area contributed by atoms with Crippen LogP contribution in [0.5, 0.6) is 0 Å². The molecule has 0 unspecified atom stereocenters. The second-order valence-electron chi connectivity index (χ2n) is 5.27. The van der Waals surface area contributed by atoms with Gasteiger partial charge in [0, 0.05) is 25.3 Å². The van der Waals surface area contributed by atoms with Crippen molar-refractivity contribution in [2.24, 2.45) is 0 Å². The molecule has 0 fully saturated rings. The van der Waals surface area contributed by atoms with E-state index < -0.39 is 11.7 Å². The molecule has 1 N–H and O–H groups in total. The molecule has 0 saturated carbocycles. The third-order valence-electron chi connectivity index (χ3n) is 2.24. The maximum absolute atomic E-state index is 11.9. The highest BCUT2D eigenvalue weighted by Gasteiger charge is 2.20. The van der Waals surface area contributed by atoms with Crippen molar-refractivity contribution in [2.45, 2.75) is 33.3 Å². The number of hydrogen-bond acceptors (Lipinski definition) is 3. The van der Waals surface area contributed by atoms with Crippen LogP contribution in [0, 0.1) is 0 Å². The molecule has 0 aliphatic heterocycles. The van der Waals surface area contributed by atoms with Gasteiger partial charge in [0.15, 0.2) is 0 Å². The minimum Gasteiger partial charge on any atom is -0.443 e. The van der Waals surface area contributed by atoms with E-state index in [9.17, 15) is 9.59 Å². The molecule has 5 nitrogen and oxygen atoms in total. The van der Waals surface area contributed by atoms with Crippen molar-refractivity contribution in [1.82, 2.24) is 0 Å². The first-order valence-electron chi connectivity index (χ1n) is 6.03. The summed E-state index contributed by atoms with van der Waals surface area (Å²) in [7, 11) is 1.64. The van der Waals surface area contributed by atoms with Crippen LogP contribution in [0.1, 0.15) is 27.7 Å². The molecule has 0 bridgehead atoms. The van der Waals surface area contributed by atoms with Gasteiger partial charge in [-0.05, 0) is 45.0 Å². The minimum atomic E-state index is -0.526. The lowest BCUT2D eigenvalue weighted by molar-refractivity contribution is -0.114. The van der Waals surface area contributed by atoms with Gasteiger partial charge in [-0.15, -0.1) is 0 Å². The minimum absolute atomic E-state index is 0.131. The number of nitrogens with zero attached hydrogens (tertiary/aromatic N) is 1. The van der Waals surface area contributed by atoms with E-state index in [4.69, 9.17) is 4.74 Å². The van der Waals surface area contributed by atoms with Gasteiger partial charge in [-0.25, -0.2) is 4.79 Å². The van der Waals surface area contributed by atoms with Gasteiger partial charge < -0.3 is 10.1 Å². The van der Waals surface area contributed by atoms with Gasteiger partial charge in [-0.3, -0.25) is 9.69 Å². The van der Waals surface area contributed by atoms with E-state index in [-0.39, 0.29) is 5.91 Å². The van der Waals surface area contributed by atoms with Crippen LogP contribution in [0.15, 0.2) is 24.3 Å². The normalized spacial score (nSPS) is 10.8. The van der Waals surface area contributed by atoms with Gasteiger partial charge in [0.2, 0.25) is 5.91 Å². The van der Waals surface area contributed by atoms with E-state index in [1.165, 1.54) is 11.8 Å². The molecule has 1 aromatic rings. The fraction of sp³-hybridized carbons (Fsp3) is 0.429. The Morgan fingerprint density at radius 1 is 1.16 bits per heavy atom. The summed E-state index contributed by atoms with van der Waals surface area (Å²) in [4.78, 5) is 24.2. The third kappa shape index (κ3) is 4.99. The third-order valence-corrected chi connectivity index (χ3v) is 2.24. The number of hydrogen-bond donors (Lipinski definition) is 1. The highest BCUT2D eigenvalue weighted by Crippen LogP contribution is 2.19. The Kier molecular flexibility index (Phi) is 4.53. The summed E-state index contributed by atoms with van der Waals surface area (Å²) in [5.74, 6) is -0.131. The summed E-state index contributed by atoms with van der Waals surface area (Å²) in [6.07, 6.45) is -0.417. The van der Waals surface area contributed by atoms with E-state index in [1.54, 1.807) is 31.3 Å². The van der Waals surface area contributed by atoms with Crippen LogP contribution in [-0.4, -0.2) is 24.6 Å². The number of rotatable bonds is 2. The van der Waals surface area contributed by atoms with Crippen LogP contribution in [-0.2, 0) is 9.53 Å². The van der Waals surface area contributed by atoms with E-state index in [1.807, 2.05) is 20.8 Å². The Bertz CT molecular complexity index is 461. The summed E-state index contributed by atoms with van der Waals surface area (Å²) >= 11 is 0. The van der Waals surface area contributed by atoms with Gasteiger partial charge >= 0.3 is 6.09 Å². The van der Waals surface area contributed by atoms with Crippen LogP contribution in [0.25, 0.3) is 0 Å². The molecule has 2 amide bonds. The zero-order valence-corrected chi connectivity index (χ0v) is 12.0. The molecule has 0 heterocycles. The lowest BCUT2D eigenvalue weighted by Gasteiger charge is -2.24. The lowest BCUT2D eigenvalue weighted by Crippen LogP contribution is -2.34. The Labute approximate surface area is 113 Å². The van der Waals surface area contributed by atoms with E-state index in [0.29, 0.717) is 11.4 Å². The van der Waals surface area contributed by atoms with Gasteiger partial charge in [-0.1, -0.05) is 0 Å². The number of benzene rings is 1. The molecule has 0 aliphatic rings. The average Bonchev–Trinajstić information content (AvgIpc) is 2.26. The molecule has 0 spiro atoms. The van der Waals surface area contributed by atoms with Crippen molar-refractivity contribution in [3.8, 4) is 0 Å². The van der Waals surface area contributed by atoms with E-state index in [0.717, 1.165) is 0 Å². The largest absolute Gasteiger partial charge is 0.443 e. The highest BCUT2D eigenvalue weighted by atomic mass is 16.6. The molecule has 1 rings (SSSR count). The van der Waals surface area contributed by atoms with E-state index in [2.05, 4.69) is 5.32 Å². The maximum Gasteiger partial charge on any atom is 0.414 e. The fourth-order valence-electron chi connectivity index (χ4n) is 1.41. The van der Waals surface area contributed by atoms with Gasteiger partial charge in [0.25, 0.3) is 0 Å². The molecule has 0 aliphatic carbocycles. The van der Waals surface area contributed by atoms with Crippen LogP contribution >= 0.6 is 0 Å². The predicted octanol–water partition coefficient (Wildman–Crippen LogP) is 3.02. The Morgan fingerprint density at radius 3 is 2.11 bits per heavy atom. The summed E-state index contributed by atoms with van der Waals surface area (Å²) in [5.41, 5.74) is 0.860. The second-order valence-corrected chi connectivity index (χ2v) is 5.27. The first-order chi connectivity index (χ1) is 8.69. The first kappa shape index (κ1) is 15.0. The number of anilines is 2. The summed E-state index contributed by atoms with van der Waals surface area (Å²) in [6.45, 7) is 6.90. The SMILES string of the molecule is CC(=O)Nc1ccc(N(C)C(=O)OC(C)(C)C)cc1. The molecular formula is C14H20N2O3. The Hall–Kier alpha value is -2.04. The summed E-state index contributed by atoms with van der Waals surface area (Å²) in [6, 6.07) is 6.96. The molecule has 19 heavy (non-hydrogen) atoms. The number of amides is 2. The van der Waals surface area contributed by atoms with E-state index >= 15 is 0 Å². The van der Waals surface area contributed by atoms with Crippen LogP contribution in [0.2, 0.25) is 0 Å². The quantitative estimate of drug-likeness (QED) is 0.893. The second kappa shape index (κ2) is 5.73. The summed E-state index contributed by atoms with van der Waals surface area (Å²) < 4.78 is 5.27. The molecule has 0 saturated heterocycles. The molecule has 104 valence electrons. The van der Waals surface area contributed by atoms with Crippen molar-refractivity contribution in [2.75, 3.05) is 17.3 Å². The van der Waals surface area contributed by atoms with Crippen molar-refractivity contribution >= 4 is 23.4 Å². The van der Waals surface area contributed by atoms with Gasteiger partial charge in [0.1, 0.15) is 5.60 Å².